The summed E-state index contributed by atoms with van der Waals surface area (Å²) in [6.07, 6.45) is 0. The first-order chi connectivity index (χ1) is 10.0. The lowest BCUT2D eigenvalue weighted by molar-refractivity contribution is 0.303. The summed E-state index contributed by atoms with van der Waals surface area (Å²) in [5.41, 5.74) is 3.23. The average molecular weight is 369 g/mol. The second-order valence-corrected chi connectivity index (χ2v) is 6.03. The monoisotopic (exact) mass is 367 g/mol. The molecule has 0 aliphatic carbocycles. The molecule has 3 nitrogen and oxygen atoms in total. The van der Waals surface area contributed by atoms with Crippen molar-refractivity contribution in [2.24, 2.45) is 5.16 Å². The summed E-state index contributed by atoms with van der Waals surface area (Å²) in [5.74, 6) is 0.671. The third kappa shape index (κ3) is 3.99. The molecule has 110 valence electrons. The summed E-state index contributed by atoms with van der Waals surface area (Å²) >= 11 is 9.56. The van der Waals surface area contributed by atoms with Crippen LogP contribution < -0.4 is 4.74 Å². The van der Waals surface area contributed by atoms with Gasteiger partial charge in [0.05, 0.1) is 5.71 Å². The highest BCUT2D eigenvalue weighted by Gasteiger charge is 2.09. The fraction of sp³-hybridized carbons (Fsp3) is 0.188. The summed E-state index contributed by atoms with van der Waals surface area (Å²) in [6.45, 7) is 4.06. The lowest BCUT2D eigenvalue weighted by Crippen LogP contribution is -2.03. The Balaban J connectivity index is 2.25. The number of halogens is 2. The predicted molar refractivity (Wildman–Crippen MR) is 88.7 cm³/mol. The van der Waals surface area contributed by atoms with E-state index in [-0.39, 0.29) is 0 Å². The number of benzene rings is 2. The summed E-state index contributed by atoms with van der Waals surface area (Å²) in [5, 5.41) is 12.8. The van der Waals surface area contributed by atoms with Gasteiger partial charge in [0.15, 0.2) is 0 Å². The van der Waals surface area contributed by atoms with Gasteiger partial charge in [-0.05, 0) is 43.7 Å². The molecular formula is C16H15BrClNO2. The number of hydrogen-bond donors (Lipinski definition) is 1. The van der Waals surface area contributed by atoms with Crippen molar-refractivity contribution in [3.63, 3.8) is 0 Å². The molecule has 0 heterocycles. The van der Waals surface area contributed by atoms with Crippen LogP contribution in [0.3, 0.4) is 0 Å². The van der Waals surface area contributed by atoms with Gasteiger partial charge in [-0.1, -0.05) is 44.8 Å². The molecule has 0 saturated heterocycles. The van der Waals surface area contributed by atoms with E-state index in [9.17, 15) is 0 Å². The van der Waals surface area contributed by atoms with Crippen LogP contribution in [0, 0.1) is 6.92 Å². The van der Waals surface area contributed by atoms with Crippen LogP contribution in [0.4, 0.5) is 0 Å². The maximum atomic E-state index is 8.95. The van der Waals surface area contributed by atoms with Crippen LogP contribution in [0.2, 0.25) is 5.02 Å². The topological polar surface area (TPSA) is 41.8 Å². The first-order valence-corrected chi connectivity index (χ1v) is 7.54. The lowest BCUT2D eigenvalue weighted by atomic mass is 10.1. The van der Waals surface area contributed by atoms with Crippen molar-refractivity contribution in [3.05, 3.63) is 62.6 Å². The van der Waals surface area contributed by atoms with Crippen molar-refractivity contribution in [3.8, 4) is 5.75 Å². The van der Waals surface area contributed by atoms with Crippen molar-refractivity contribution >= 4 is 33.2 Å². The first-order valence-electron chi connectivity index (χ1n) is 6.37. The molecule has 0 aliphatic heterocycles. The molecule has 0 spiro atoms. The Morgan fingerprint density at radius 2 is 2.05 bits per heavy atom. The molecule has 0 radical (unpaired) electrons. The standard InChI is InChI=1S/C16H15BrClNO2/c1-10-3-6-14(11(2)19-20)16(7-10)21-9-12-4-5-13(17)8-15(12)18/h3-8,20H,9H2,1-2H3/b19-11-. The Labute approximate surface area is 137 Å². The molecule has 0 fully saturated rings. The molecule has 2 aromatic rings. The van der Waals surface area contributed by atoms with Gasteiger partial charge in [-0.2, -0.15) is 0 Å². The fourth-order valence-corrected chi connectivity index (χ4v) is 2.62. The van der Waals surface area contributed by atoms with Gasteiger partial charge in [0.25, 0.3) is 0 Å². The van der Waals surface area contributed by atoms with Crippen LogP contribution >= 0.6 is 27.5 Å². The smallest absolute Gasteiger partial charge is 0.129 e. The second-order valence-electron chi connectivity index (χ2n) is 4.71. The van der Waals surface area contributed by atoms with E-state index < -0.39 is 0 Å². The summed E-state index contributed by atoms with van der Waals surface area (Å²) in [7, 11) is 0. The second kappa shape index (κ2) is 6.96. The quantitative estimate of drug-likeness (QED) is 0.458. The van der Waals surface area contributed by atoms with Gasteiger partial charge in [-0.3, -0.25) is 0 Å². The number of ether oxygens (including phenoxy) is 1. The average Bonchev–Trinajstić information content (AvgIpc) is 2.45. The summed E-state index contributed by atoms with van der Waals surface area (Å²) in [4.78, 5) is 0. The van der Waals surface area contributed by atoms with Crippen LogP contribution in [0.5, 0.6) is 5.75 Å². The molecule has 21 heavy (non-hydrogen) atoms. The van der Waals surface area contributed by atoms with Crippen molar-refractivity contribution < 1.29 is 9.94 Å². The van der Waals surface area contributed by atoms with E-state index in [0.717, 1.165) is 21.2 Å². The zero-order chi connectivity index (χ0) is 15.4. The molecule has 0 atom stereocenters. The molecule has 0 saturated carbocycles. The number of oxime groups is 1. The van der Waals surface area contributed by atoms with Gasteiger partial charge in [0.2, 0.25) is 0 Å². The predicted octanol–water partition coefficient (Wildman–Crippen LogP) is 5.19. The van der Waals surface area contributed by atoms with Crippen molar-refractivity contribution in [2.45, 2.75) is 20.5 Å². The Morgan fingerprint density at radius 1 is 1.29 bits per heavy atom. The van der Waals surface area contributed by atoms with Crippen LogP contribution in [0.1, 0.15) is 23.6 Å². The lowest BCUT2D eigenvalue weighted by Gasteiger charge is -2.13. The van der Waals surface area contributed by atoms with Crippen LogP contribution in [-0.4, -0.2) is 10.9 Å². The van der Waals surface area contributed by atoms with E-state index >= 15 is 0 Å². The normalized spacial score (nSPS) is 11.5. The molecule has 0 amide bonds. The van der Waals surface area contributed by atoms with Gasteiger partial charge in [0, 0.05) is 20.6 Å². The maximum Gasteiger partial charge on any atom is 0.129 e. The van der Waals surface area contributed by atoms with E-state index in [1.165, 1.54) is 0 Å². The molecule has 2 rings (SSSR count). The largest absolute Gasteiger partial charge is 0.488 e. The van der Waals surface area contributed by atoms with Crippen molar-refractivity contribution in [2.75, 3.05) is 0 Å². The summed E-state index contributed by atoms with van der Waals surface area (Å²) < 4.78 is 6.78. The van der Waals surface area contributed by atoms with Gasteiger partial charge in [0.1, 0.15) is 12.4 Å². The number of nitrogens with zero attached hydrogens (tertiary/aromatic N) is 1. The Bertz CT molecular complexity index is 686. The van der Waals surface area contributed by atoms with E-state index in [0.29, 0.717) is 23.1 Å². The molecule has 1 N–H and O–H groups in total. The van der Waals surface area contributed by atoms with Gasteiger partial charge >= 0.3 is 0 Å². The minimum Gasteiger partial charge on any atom is -0.488 e. The minimum absolute atomic E-state index is 0.348. The van der Waals surface area contributed by atoms with Crippen molar-refractivity contribution in [1.82, 2.24) is 0 Å². The maximum absolute atomic E-state index is 8.95. The Hall–Kier alpha value is -1.52. The van der Waals surface area contributed by atoms with Crippen LogP contribution in [-0.2, 0) is 6.61 Å². The zero-order valence-electron chi connectivity index (χ0n) is 11.7. The van der Waals surface area contributed by atoms with Crippen LogP contribution in [0.15, 0.2) is 46.0 Å². The zero-order valence-corrected chi connectivity index (χ0v) is 14.1. The van der Waals surface area contributed by atoms with Gasteiger partial charge < -0.3 is 9.94 Å². The van der Waals surface area contributed by atoms with E-state index in [4.69, 9.17) is 21.5 Å². The van der Waals surface area contributed by atoms with E-state index in [1.807, 2.05) is 43.3 Å². The highest BCUT2D eigenvalue weighted by Crippen LogP contribution is 2.25. The highest BCUT2D eigenvalue weighted by atomic mass is 79.9. The van der Waals surface area contributed by atoms with Crippen molar-refractivity contribution in [1.29, 1.82) is 0 Å². The number of hydrogen-bond acceptors (Lipinski definition) is 3. The molecule has 0 aliphatic rings. The molecule has 0 unspecified atom stereocenters. The Morgan fingerprint density at radius 3 is 2.71 bits per heavy atom. The highest BCUT2D eigenvalue weighted by molar-refractivity contribution is 9.10. The van der Waals surface area contributed by atoms with E-state index in [2.05, 4.69) is 21.1 Å². The van der Waals surface area contributed by atoms with Gasteiger partial charge in [-0.15, -0.1) is 0 Å². The molecular weight excluding hydrogens is 354 g/mol. The summed E-state index contributed by atoms with van der Waals surface area (Å²) in [6, 6.07) is 11.4. The third-order valence-electron chi connectivity index (χ3n) is 3.08. The first kappa shape index (κ1) is 15.9. The SMILES string of the molecule is C/C(=N/O)c1ccc(C)cc1OCc1ccc(Br)cc1Cl. The molecule has 5 heteroatoms. The fourth-order valence-electron chi connectivity index (χ4n) is 1.90. The van der Waals surface area contributed by atoms with Gasteiger partial charge in [-0.25, -0.2) is 0 Å². The number of rotatable bonds is 4. The van der Waals surface area contributed by atoms with Crippen LogP contribution in [0.25, 0.3) is 0 Å². The number of aryl methyl sites for hydroxylation is 1. The molecule has 0 bridgehead atoms. The minimum atomic E-state index is 0.348. The molecule has 0 aromatic heterocycles. The molecule has 2 aromatic carbocycles. The Kier molecular flexibility index (Phi) is 5.26. The third-order valence-corrected chi connectivity index (χ3v) is 3.92. The van der Waals surface area contributed by atoms with E-state index in [1.54, 1.807) is 6.92 Å².